The first kappa shape index (κ1) is 17.4. The smallest absolute Gasteiger partial charge is 0.416 e. The van der Waals surface area contributed by atoms with Crippen LogP contribution in [0.2, 0.25) is 0 Å². The summed E-state index contributed by atoms with van der Waals surface area (Å²) in [7, 11) is 1.53. The van der Waals surface area contributed by atoms with Crippen LogP contribution < -0.4 is 15.4 Å². The minimum atomic E-state index is -4.46. The zero-order chi connectivity index (χ0) is 17.6. The molecule has 2 aromatic carbocycles. The Bertz CT molecular complexity index is 743. The average Bonchev–Trinajstić information content (AvgIpc) is 2.55. The Morgan fingerprint density at radius 1 is 1.12 bits per heavy atom. The van der Waals surface area contributed by atoms with E-state index < -0.39 is 17.8 Å². The van der Waals surface area contributed by atoms with Gasteiger partial charge in [-0.3, -0.25) is 0 Å². The Balaban J connectivity index is 1.98. The fourth-order valence-electron chi connectivity index (χ4n) is 1.95. The summed E-state index contributed by atoms with van der Waals surface area (Å²) in [4.78, 5) is 11.7. The zero-order valence-electron chi connectivity index (χ0n) is 12.7. The predicted molar refractivity (Wildman–Crippen MR) is 85.6 cm³/mol. The maximum atomic E-state index is 12.6. The Labute approximate surface area is 136 Å². The number of alkyl halides is 3. The van der Waals surface area contributed by atoms with Crippen LogP contribution in [-0.2, 0) is 6.18 Å². The van der Waals surface area contributed by atoms with Crippen molar-refractivity contribution >= 4 is 17.8 Å². The van der Waals surface area contributed by atoms with Crippen LogP contribution in [-0.4, -0.2) is 13.1 Å². The van der Waals surface area contributed by atoms with Crippen molar-refractivity contribution in [2.45, 2.75) is 6.18 Å². The molecule has 0 unspecified atom stereocenters. The third-order valence-corrected chi connectivity index (χ3v) is 3.06. The van der Waals surface area contributed by atoms with Gasteiger partial charge in [0.25, 0.3) is 0 Å². The topological polar surface area (TPSA) is 50.4 Å². The van der Waals surface area contributed by atoms with Gasteiger partial charge in [-0.15, -0.1) is 0 Å². The van der Waals surface area contributed by atoms with Crippen molar-refractivity contribution in [2.24, 2.45) is 0 Å². The monoisotopic (exact) mass is 336 g/mol. The summed E-state index contributed by atoms with van der Waals surface area (Å²) in [5.41, 5.74) is -0.0303. The standard InChI is InChI=1S/C17H15F3N2O2/c1-24-15-8-3-2-5-12(15)9-10-21-16(23)22-14-7-4-6-13(11-14)17(18,19)20/h2-11H,1H3,(H2,21,22,23)/b10-9+. The predicted octanol–water partition coefficient (Wildman–Crippen LogP) is 4.51. The number of ether oxygens (including phenoxy) is 1. The van der Waals surface area contributed by atoms with Crippen molar-refractivity contribution in [3.63, 3.8) is 0 Å². The fourth-order valence-corrected chi connectivity index (χ4v) is 1.95. The molecule has 0 aliphatic carbocycles. The van der Waals surface area contributed by atoms with Crippen LogP contribution in [0.1, 0.15) is 11.1 Å². The molecule has 24 heavy (non-hydrogen) atoms. The molecule has 2 rings (SSSR count). The molecule has 0 aromatic heterocycles. The number of hydrogen-bond donors (Lipinski definition) is 2. The van der Waals surface area contributed by atoms with E-state index in [9.17, 15) is 18.0 Å². The number of urea groups is 1. The molecular weight excluding hydrogens is 321 g/mol. The van der Waals surface area contributed by atoms with Gasteiger partial charge in [0.2, 0.25) is 0 Å². The number of para-hydroxylation sites is 1. The number of hydrogen-bond acceptors (Lipinski definition) is 2. The van der Waals surface area contributed by atoms with Gasteiger partial charge in [-0.25, -0.2) is 4.79 Å². The minimum Gasteiger partial charge on any atom is -0.496 e. The second kappa shape index (κ2) is 7.54. The summed E-state index contributed by atoms with van der Waals surface area (Å²) in [6.45, 7) is 0. The summed E-state index contributed by atoms with van der Waals surface area (Å²) in [6.07, 6.45) is -1.47. The molecule has 0 heterocycles. The minimum absolute atomic E-state index is 0.0491. The van der Waals surface area contributed by atoms with E-state index in [0.717, 1.165) is 17.7 Å². The molecule has 0 saturated heterocycles. The highest BCUT2D eigenvalue weighted by Gasteiger charge is 2.30. The van der Waals surface area contributed by atoms with E-state index >= 15 is 0 Å². The van der Waals surface area contributed by atoms with E-state index in [-0.39, 0.29) is 5.69 Å². The summed E-state index contributed by atoms with van der Waals surface area (Å²) in [6, 6.07) is 10.9. The van der Waals surface area contributed by atoms with Gasteiger partial charge >= 0.3 is 12.2 Å². The van der Waals surface area contributed by atoms with Crippen molar-refractivity contribution in [2.75, 3.05) is 12.4 Å². The summed E-state index contributed by atoms with van der Waals surface area (Å²) in [5, 5.41) is 4.76. The molecule has 4 nitrogen and oxygen atoms in total. The molecule has 0 fully saturated rings. The number of nitrogens with one attached hydrogen (secondary N) is 2. The highest BCUT2D eigenvalue weighted by atomic mass is 19.4. The lowest BCUT2D eigenvalue weighted by Gasteiger charge is -2.09. The summed E-state index contributed by atoms with van der Waals surface area (Å²) < 4.78 is 43.0. The molecule has 2 amide bonds. The van der Waals surface area contributed by atoms with Gasteiger partial charge < -0.3 is 15.4 Å². The second-order valence-electron chi connectivity index (χ2n) is 4.75. The normalized spacial score (nSPS) is 11.3. The van der Waals surface area contributed by atoms with Gasteiger partial charge in [0.05, 0.1) is 12.7 Å². The van der Waals surface area contributed by atoms with E-state index in [1.165, 1.54) is 25.4 Å². The highest BCUT2D eigenvalue weighted by Crippen LogP contribution is 2.30. The van der Waals surface area contributed by atoms with Crippen LogP contribution in [0.25, 0.3) is 6.08 Å². The molecule has 0 spiro atoms. The van der Waals surface area contributed by atoms with Crippen molar-refractivity contribution in [1.82, 2.24) is 5.32 Å². The number of rotatable bonds is 4. The number of benzene rings is 2. The third-order valence-electron chi connectivity index (χ3n) is 3.06. The molecule has 0 bridgehead atoms. The molecule has 0 atom stereocenters. The van der Waals surface area contributed by atoms with Gasteiger partial charge in [-0.2, -0.15) is 13.2 Å². The maximum Gasteiger partial charge on any atom is 0.416 e. The van der Waals surface area contributed by atoms with Crippen LogP contribution >= 0.6 is 0 Å². The number of carbonyl (C=O) groups excluding carboxylic acids is 1. The zero-order valence-corrected chi connectivity index (χ0v) is 12.7. The molecule has 0 aliphatic rings. The number of carbonyl (C=O) groups is 1. The lowest BCUT2D eigenvalue weighted by molar-refractivity contribution is -0.137. The van der Waals surface area contributed by atoms with Crippen LogP contribution in [0, 0.1) is 0 Å². The van der Waals surface area contributed by atoms with E-state index in [1.807, 2.05) is 12.1 Å². The van der Waals surface area contributed by atoms with Crippen LogP contribution in [0.15, 0.2) is 54.7 Å². The van der Waals surface area contributed by atoms with Crippen molar-refractivity contribution < 1.29 is 22.7 Å². The number of amides is 2. The summed E-state index contributed by atoms with van der Waals surface area (Å²) >= 11 is 0. The third kappa shape index (κ3) is 4.77. The number of halogens is 3. The van der Waals surface area contributed by atoms with Crippen molar-refractivity contribution in [3.05, 3.63) is 65.9 Å². The molecular formula is C17H15F3N2O2. The van der Waals surface area contributed by atoms with Gasteiger partial charge in [0.1, 0.15) is 5.75 Å². The molecule has 2 aromatic rings. The van der Waals surface area contributed by atoms with E-state index in [4.69, 9.17) is 4.74 Å². The van der Waals surface area contributed by atoms with E-state index in [0.29, 0.717) is 5.75 Å². The summed E-state index contributed by atoms with van der Waals surface area (Å²) in [5.74, 6) is 0.633. The number of anilines is 1. The van der Waals surface area contributed by atoms with Gasteiger partial charge in [0.15, 0.2) is 0 Å². The van der Waals surface area contributed by atoms with E-state index in [1.54, 1.807) is 18.2 Å². The average molecular weight is 336 g/mol. The van der Waals surface area contributed by atoms with Crippen LogP contribution in [0.3, 0.4) is 0 Å². The SMILES string of the molecule is COc1ccccc1/C=C/NC(=O)Nc1cccc(C(F)(F)F)c1. The van der Waals surface area contributed by atoms with Gasteiger partial charge in [0, 0.05) is 17.5 Å². The van der Waals surface area contributed by atoms with Gasteiger partial charge in [-0.1, -0.05) is 24.3 Å². The van der Waals surface area contributed by atoms with Crippen LogP contribution in [0.4, 0.5) is 23.7 Å². The molecule has 0 aliphatic heterocycles. The quantitative estimate of drug-likeness (QED) is 0.863. The molecule has 7 heteroatoms. The Hall–Kier alpha value is -2.96. The first-order valence-electron chi connectivity index (χ1n) is 6.94. The van der Waals surface area contributed by atoms with Gasteiger partial charge in [-0.05, 0) is 30.3 Å². The second-order valence-corrected chi connectivity index (χ2v) is 4.75. The largest absolute Gasteiger partial charge is 0.496 e. The molecule has 0 saturated carbocycles. The van der Waals surface area contributed by atoms with Crippen LogP contribution in [0.5, 0.6) is 5.75 Å². The lowest BCUT2D eigenvalue weighted by Crippen LogP contribution is -2.23. The lowest BCUT2D eigenvalue weighted by atomic mass is 10.2. The number of methoxy groups -OCH3 is 1. The van der Waals surface area contributed by atoms with E-state index in [2.05, 4.69) is 10.6 Å². The first-order valence-corrected chi connectivity index (χ1v) is 6.94. The Kier molecular flexibility index (Phi) is 5.47. The fraction of sp³-hybridized carbons (Fsp3) is 0.118. The molecule has 126 valence electrons. The Morgan fingerprint density at radius 3 is 2.58 bits per heavy atom. The van der Waals surface area contributed by atoms with Crippen molar-refractivity contribution in [3.8, 4) is 5.75 Å². The molecule has 0 radical (unpaired) electrons. The maximum absolute atomic E-state index is 12.6. The Morgan fingerprint density at radius 2 is 1.88 bits per heavy atom. The van der Waals surface area contributed by atoms with Crippen molar-refractivity contribution in [1.29, 1.82) is 0 Å². The highest BCUT2D eigenvalue weighted by molar-refractivity contribution is 5.90. The first-order chi connectivity index (χ1) is 11.4. The molecule has 2 N–H and O–H groups in total.